The normalized spacial score (nSPS) is 22.6. The first-order valence-corrected chi connectivity index (χ1v) is 7.37. The maximum absolute atomic E-state index is 12.0. The van der Waals surface area contributed by atoms with Crippen LogP contribution in [0.4, 0.5) is 10.6 Å². The molecular weight excluding hydrogens is 256 g/mol. The van der Waals surface area contributed by atoms with Crippen LogP contribution in [-0.2, 0) is 13.5 Å². The predicted octanol–water partition coefficient (Wildman–Crippen LogP) is 1.80. The molecular formula is C14H24N4O2. The topological polar surface area (TPSA) is 79.2 Å². The molecule has 1 aliphatic rings. The zero-order valence-electron chi connectivity index (χ0n) is 12.2. The third kappa shape index (κ3) is 3.96. The van der Waals surface area contributed by atoms with Gasteiger partial charge in [0.25, 0.3) is 0 Å². The van der Waals surface area contributed by atoms with Gasteiger partial charge in [-0.15, -0.1) is 0 Å². The number of hydrogen-bond acceptors (Lipinski definition) is 3. The average Bonchev–Trinajstić information content (AvgIpc) is 2.73. The van der Waals surface area contributed by atoms with Crippen molar-refractivity contribution >= 4 is 11.8 Å². The Hall–Kier alpha value is -1.56. The van der Waals surface area contributed by atoms with Crippen molar-refractivity contribution in [2.45, 2.75) is 57.6 Å². The van der Waals surface area contributed by atoms with Gasteiger partial charge in [-0.2, -0.15) is 5.10 Å². The SMILES string of the molecule is CCCc1cc(NC(=O)NC2CCC(O)CC2)n(C)n1. The van der Waals surface area contributed by atoms with Crippen molar-refractivity contribution in [3.8, 4) is 0 Å². The summed E-state index contributed by atoms with van der Waals surface area (Å²) in [5.41, 5.74) is 0.992. The van der Waals surface area contributed by atoms with Gasteiger partial charge in [0, 0.05) is 19.2 Å². The minimum atomic E-state index is -0.204. The maximum Gasteiger partial charge on any atom is 0.320 e. The van der Waals surface area contributed by atoms with Crippen LogP contribution >= 0.6 is 0 Å². The molecule has 6 nitrogen and oxygen atoms in total. The van der Waals surface area contributed by atoms with Crippen molar-refractivity contribution in [1.29, 1.82) is 0 Å². The van der Waals surface area contributed by atoms with E-state index in [0.717, 1.165) is 44.2 Å². The van der Waals surface area contributed by atoms with Crippen LogP contribution in [0.25, 0.3) is 0 Å². The average molecular weight is 280 g/mol. The van der Waals surface area contributed by atoms with E-state index in [2.05, 4.69) is 22.7 Å². The van der Waals surface area contributed by atoms with Gasteiger partial charge in [0.2, 0.25) is 0 Å². The third-order valence-electron chi connectivity index (χ3n) is 3.71. The lowest BCUT2D eigenvalue weighted by Crippen LogP contribution is -2.41. The fourth-order valence-electron chi connectivity index (χ4n) is 2.58. The van der Waals surface area contributed by atoms with Crippen LogP contribution in [0.5, 0.6) is 0 Å². The maximum atomic E-state index is 12.0. The summed E-state index contributed by atoms with van der Waals surface area (Å²) < 4.78 is 1.69. The molecule has 0 atom stereocenters. The number of aryl methyl sites for hydroxylation is 2. The molecule has 1 aliphatic carbocycles. The summed E-state index contributed by atoms with van der Waals surface area (Å²) in [5.74, 6) is 0.710. The van der Waals surface area contributed by atoms with Crippen molar-refractivity contribution in [3.05, 3.63) is 11.8 Å². The predicted molar refractivity (Wildman–Crippen MR) is 77.6 cm³/mol. The lowest BCUT2D eigenvalue weighted by molar-refractivity contribution is 0.118. The lowest BCUT2D eigenvalue weighted by atomic mass is 9.93. The molecule has 0 saturated heterocycles. The highest BCUT2D eigenvalue weighted by Crippen LogP contribution is 2.18. The quantitative estimate of drug-likeness (QED) is 0.787. The van der Waals surface area contributed by atoms with E-state index in [1.807, 2.05) is 13.1 Å². The first kappa shape index (κ1) is 14.8. The Balaban J connectivity index is 1.85. The second-order valence-corrected chi connectivity index (χ2v) is 5.50. The molecule has 2 amide bonds. The first-order valence-electron chi connectivity index (χ1n) is 7.37. The van der Waals surface area contributed by atoms with E-state index in [4.69, 9.17) is 0 Å². The van der Waals surface area contributed by atoms with Crippen molar-refractivity contribution in [2.75, 3.05) is 5.32 Å². The minimum Gasteiger partial charge on any atom is -0.393 e. The number of aliphatic hydroxyl groups is 1. The van der Waals surface area contributed by atoms with Gasteiger partial charge in [-0.25, -0.2) is 4.79 Å². The Morgan fingerprint density at radius 2 is 2.15 bits per heavy atom. The van der Waals surface area contributed by atoms with Gasteiger partial charge in [0.1, 0.15) is 5.82 Å². The highest BCUT2D eigenvalue weighted by molar-refractivity contribution is 5.88. The Morgan fingerprint density at radius 3 is 2.80 bits per heavy atom. The van der Waals surface area contributed by atoms with Gasteiger partial charge >= 0.3 is 6.03 Å². The molecule has 3 N–H and O–H groups in total. The summed E-state index contributed by atoms with van der Waals surface area (Å²) in [7, 11) is 1.83. The Bertz CT molecular complexity index is 450. The standard InChI is InChI=1S/C14H24N4O2/c1-3-4-11-9-13(18(2)17-11)16-14(20)15-10-5-7-12(19)8-6-10/h9-10,12,19H,3-8H2,1-2H3,(H2,15,16,20). The molecule has 0 radical (unpaired) electrons. The molecule has 1 aromatic rings. The third-order valence-corrected chi connectivity index (χ3v) is 3.71. The van der Waals surface area contributed by atoms with Gasteiger partial charge in [0.15, 0.2) is 0 Å². The smallest absolute Gasteiger partial charge is 0.320 e. The van der Waals surface area contributed by atoms with E-state index < -0.39 is 0 Å². The second kappa shape index (κ2) is 6.74. The number of urea groups is 1. The number of carbonyl (C=O) groups is 1. The van der Waals surface area contributed by atoms with E-state index in [-0.39, 0.29) is 18.2 Å². The van der Waals surface area contributed by atoms with Crippen LogP contribution < -0.4 is 10.6 Å². The molecule has 6 heteroatoms. The highest BCUT2D eigenvalue weighted by Gasteiger charge is 2.21. The van der Waals surface area contributed by atoms with E-state index in [1.165, 1.54) is 0 Å². The minimum absolute atomic E-state index is 0.154. The molecule has 0 aromatic carbocycles. The Labute approximate surface area is 119 Å². The summed E-state index contributed by atoms with van der Waals surface area (Å²) in [4.78, 5) is 12.0. The fraction of sp³-hybridized carbons (Fsp3) is 0.714. The monoisotopic (exact) mass is 280 g/mol. The van der Waals surface area contributed by atoms with Gasteiger partial charge < -0.3 is 10.4 Å². The molecule has 0 unspecified atom stereocenters. The summed E-state index contributed by atoms with van der Waals surface area (Å²) in [6, 6.07) is 1.87. The van der Waals surface area contributed by atoms with Crippen LogP contribution in [0.1, 0.15) is 44.7 Å². The molecule has 0 spiro atoms. The molecule has 1 saturated carbocycles. The van der Waals surface area contributed by atoms with Crippen molar-refractivity contribution in [1.82, 2.24) is 15.1 Å². The fourth-order valence-corrected chi connectivity index (χ4v) is 2.58. The molecule has 0 bridgehead atoms. The van der Waals surface area contributed by atoms with Gasteiger partial charge in [-0.1, -0.05) is 13.3 Å². The van der Waals surface area contributed by atoms with E-state index in [9.17, 15) is 9.90 Å². The number of aliphatic hydroxyl groups excluding tert-OH is 1. The molecule has 1 aromatic heterocycles. The molecule has 2 rings (SSSR count). The number of aromatic nitrogens is 2. The Kier molecular flexibility index (Phi) is 5.00. The van der Waals surface area contributed by atoms with Gasteiger partial charge in [-0.05, 0) is 32.1 Å². The van der Waals surface area contributed by atoms with Crippen molar-refractivity contribution in [3.63, 3.8) is 0 Å². The number of hydrogen-bond donors (Lipinski definition) is 3. The summed E-state index contributed by atoms with van der Waals surface area (Å²) in [6.45, 7) is 2.10. The van der Waals surface area contributed by atoms with Crippen LogP contribution in [0, 0.1) is 0 Å². The largest absolute Gasteiger partial charge is 0.393 e. The van der Waals surface area contributed by atoms with Crippen LogP contribution in [0.2, 0.25) is 0 Å². The highest BCUT2D eigenvalue weighted by atomic mass is 16.3. The number of carbonyl (C=O) groups excluding carboxylic acids is 1. The van der Waals surface area contributed by atoms with Crippen LogP contribution in [0.3, 0.4) is 0 Å². The number of anilines is 1. The van der Waals surface area contributed by atoms with Crippen LogP contribution in [0.15, 0.2) is 6.07 Å². The summed E-state index contributed by atoms with van der Waals surface area (Å²) in [6.07, 6.45) is 4.94. The lowest BCUT2D eigenvalue weighted by Gasteiger charge is -2.26. The second-order valence-electron chi connectivity index (χ2n) is 5.50. The zero-order chi connectivity index (χ0) is 14.5. The van der Waals surface area contributed by atoms with E-state index >= 15 is 0 Å². The van der Waals surface area contributed by atoms with Crippen LogP contribution in [-0.4, -0.2) is 33.1 Å². The zero-order valence-corrected chi connectivity index (χ0v) is 12.2. The Morgan fingerprint density at radius 1 is 1.45 bits per heavy atom. The van der Waals surface area contributed by atoms with E-state index in [1.54, 1.807) is 4.68 Å². The van der Waals surface area contributed by atoms with Gasteiger partial charge in [0.05, 0.1) is 11.8 Å². The first-order chi connectivity index (χ1) is 9.58. The summed E-state index contributed by atoms with van der Waals surface area (Å²) >= 11 is 0. The molecule has 1 fully saturated rings. The molecule has 0 aliphatic heterocycles. The molecule has 112 valence electrons. The number of nitrogens with one attached hydrogen (secondary N) is 2. The number of rotatable bonds is 4. The number of amides is 2. The molecule has 20 heavy (non-hydrogen) atoms. The van der Waals surface area contributed by atoms with E-state index in [0.29, 0.717) is 5.82 Å². The van der Waals surface area contributed by atoms with Crippen molar-refractivity contribution < 1.29 is 9.90 Å². The molecule has 1 heterocycles. The number of nitrogens with zero attached hydrogens (tertiary/aromatic N) is 2. The summed E-state index contributed by atoms with van der Waals surface area (Å²) in [5, 5.41) is 19.6. The van der Waals surface area contributed by atoms with Crippen molar-refractivity contribution in [2.24, 2.45) is 7.05 Å². The van der Waals surface area contributed by atoms with Gasteiger partial charge in [-0.3, -0.25) is 10.00 Å².